The van der Waals surface area contributed by atoms with E-state index in [4.69, 9.17) is 11.5 Å². The molecule has 0 aliphatic rings. The van der Waals surface area contributed by atoms with Gasteiger partial charge >= 0.3 is 0 Å². The Morgan fingerprint density at radius 2 is 1.12 bits per heavy atom. The first-order valence-corrected chi connectivity index (χ1v) is 7.77. The molecule has 0 saturated heterocycles. The molecule has 4 N–H and O–H groups in total. The van der Waals surface area contributed by atoms with Crippen molar-refractivity contribution in [1.29, 1.82) is 0 Å². The van der Waals surface area contributed by atoms with Crippen LogP contribution < -0.4 is 11.5 Å². The van der Waals surface area contributed by atoms with E-state index in [-0.39, 0.29) is 6.04 Å². The minimum atomic E-state index is 0.230. The van der Waals surface area contributed by atoms with Gasteiger partial charge in [-0.1, -0.05) is 77.6 Å². The summed E-state index contributed by atoms with van der Waals surface area (Å²) < 4.78 is 0. The predicted molar refractivity (Wildman–Crippen MR) is 78.1 cm³/mol. The van der Waals surface area contributed by atoms with E-state index >= 15 is 0 Å². The molecule has 1 unspecified atom stereocenters. The van der Waals surface area contributed by atoms with Gasteiger partial charge in [0.15, 0.2) is 0 Å². The fourth-order valence-electron chi connectivity index (χ4n) is 2.19. The van der Waals surface area contributed by atoms with Gasteiger partial charge in [-0.05, 0) is 6.42 Å². The lowest BCUT2D eigenvalue weighted by Gasteiger charge is -2.07. The maximum absolute atomic E-state index is 5.77. The lowest BCUT2D eigenvalue weighted by Crippen LogP contribution is -2.29. The number of hydrogen-bond donors (Lipinski definition) is 2. The number of nitrogens with two attached hydrogens (primary N) is 2. The van der Waals surface area contributed by atoms with Crippen LogP contribution in [0.2, 0.25) is 0 Å². The predicted octanol–water partition coefficient (Wildman–Crippen LogP) is 3.97. The second kappa shape index (κ2) is 14.0. The van der Waals surface area contributed by atoms with Crippen LogP contribution in [-0.2, 0) is 0 Å². The summed E-state index contributed by atoms with van der Waals surface area (Å²) in [6, 6.07) is 0.230. The highest BCUT2D eigenvalue weighted by Gasteiger charge is 1.98. The average molecular weight is 242 g/mol. The highest BCUT2D eigenvalue weighted by molar-refractivity contribution is 4.61. The Labute approximate surface area is 109 Å². The summed E-state index contributed by atoms with van der Waals surface area (Å²) in [7, 11) is 0. The molecule has 17 heavy (non-hydrogen) atoms. The fourth-order valence-corrected chi connectivity index (χ4v) is 2.19. The first kappa shape index (κ1) is 16.9. The van der Waals surface area contributed by atoms with Gasteiger partial charge in [-0.15, -0.1) is 0 Å². The first-order chi connectivity index (χ1) is 8.31. The lowest BCUT2D eigenvalue weighted by molar-refractivity contribution is 0.522. The third-order valence-corrected chi connectivity index (χ3v) is 3.48. The number of rotatable bonds is 13. The van der Waals surface area contributed by atoms with E-state index in [9.17, 15) is 0 Å². The summed E-state index contributed by atoms with van der Waals surface area (Å²) in [5.74, 6) is 0. The van der Waals surface area contributed by atoms with E-state index in [2.05, 4.69) is 6.92 Å². The van der Waals surface area contributed by atoms with E-state index < -0.39 is 0 Å². The zero-order chi connectivity index (χ0) is 12.8. The Kier molecular flexibility index (Phi) is 13.9. The average Bonchev–Trinajstić information content (AvgIpc) is 2.35. The molecule has 0 fully saturated rings. The molecule has 0 heterocycles. The van der Waals surface area contributed by atoms with Crippen LogP contribution in [0.15, 0.2) is 0 Å². The van der Waals surface area contributed by atoms with Crippen molar-refractivity contribution in [2.45, 2.75) is 90.0 Å². The highest BCUT2D eigenvalue weighted by Crippen LogP contribution is 2.12. The molecule has 0 amide bonds. The first-order valence-electron chi connectivity index (χ1n) is 7.77. The maximum Gasteiger partial charge on any atom is 0.0163 e. The molecule has 104 valence electrons. The second-order valence-electron chi connectivity index (χ2n) is 5.32. The summed E-state index contributed by atoms with van der Waals surface area (Å²) in [6.07, 6.45) is 16.4. The Balaban J connectivity index is 2.94. The van der Waals surface area contributed by atoms with Crippen molar-refractivity contribution < 1.29 is 0 Å². The Bertz CT molecular complexity index is 137. The third-order valence-electron chi connectivity index (χ3n) is 3.48. The van der Waals surface area contributed by atoms with Gasteiger partial charge in [0.25, 0.3) is 0 Å². The fraction of sp³-hybridized carbons (Fsp3) is 1.00. The monoisotopic (exact) mass is 242 g/mol. The SMILES string of the molecule is CCCCCCCCCCCCCC(N)CN. The van der Waals surface area contributed by atoms with Crippen LogP contribution in [0, 0.1) is 0 Å². The minimum absolute atomic E-state index is 0.230. The summed E-state index contributed by atoms with van der Waals surface area (Å²) in [5.41, 5.74) is 11.2. The quantitative estimate of drug-likeness (QED) is 0.480. The van der Waals surface area contributed by atoms with Gasteiger partial charge < -0.3 is 11.5 Å². The topological polar surface area (TPSA) is 52.0 Å². The lowest BCUT2D eigenvalue weighted by atomic mass is 10.0. The van der Waals surface area contributed by atoms with Crippen molar-refractivity contribution in [3.8, 4) is 0 Å². The Morgan fingerprint density at radius 3 is 1.53 bits per heavy atom. The molecule has 1 atom stereocenters. The highest BCUT2D eigenvalue weighted by atomic mass is 14.7. The smallest absolute Gasteiger partial charge is 0.0163 e. The summed E-state index contributed by atoms with van der Waals surface area (Å²) in [6.45, 7) is 2.91. The molecule has 0 aromatic rings. The largest absolute Gasteiger partial charge is 0.329 e. The van der Waals surface area contributed by atoms with Gasteiger partial charge in [-0.3, -0.25) is 0 Å². The van der Waals surface area contributed by atoms with E-state index in [0.717, 1.165) is 6.42 Å². The van der Waals surface area contributed by atoms with Crippen LogP contribution in [0.1, 0.15) is 84.0 Å². The van der Waals surface area contributed by atoms with Crippen LogP contribution in [0.4, 0.5) is 0 Å². The van der Waals surface area contributed by atoms with Crippen molar-refractivity contribution in [2.24, 2.45) is 11.5 Å². The van der Waals surface area contributed by atoms with Crippen molar-refractivity contribution in [3.05, 3.63) is 0 Å². The summed E-state index contributed by atoms with van der Waals surface area (Å²) in [4.78, 5) is 0. The number of hydrogen-bond acceptors (Lipinski definition) is 2. The van der Waals surface area contributed by atoms with Gasteiger partial charge in [-0.2, -0.15) is 0 Å². The molecule has 0 aromatic carbocycles. The standard InChI is InChI=1S/C15H34N2/c1-2-3-4-5-6-7-8-9-10-11-12-13-15(17)14-16/h15H,2-14,16-17H2,1H3. The van der Waals surface area contributed by atoms with Gasteiger partial charge in [0.1, 0.15) is 0 Å². The molecule has 0 radical (unpaired) electrons. The van der Waals surface area contributed by atoms with Crippen LogP contribution >= 0.6 is 0 Å². The van der Waals surface area contributed by atoms with Crippen LogP contribution in [-0.4, -0.2) is 12.6 Å². The van der Waals surface area contributed by atoms with E-state index in [1.165, 1.54) is 70.6 Å². The molecule has 0 rings (SSSR count). The molecule has 0 aliphatic heterocycles. The molecule has 0 aliphatic carbocycles. The molecular weight excluding hydrogens is 208 g/mol. The van der Waals surface area contributed by atoms with Crippen LogP contribution in [0.25, 0.3) is 0 Å². The zero-order valence-electron chi connectivity index (χ0n) is 11.9. The van der Waals surface area contributed by atoms with Gasteiger partial charge in [0.2, 0.25) is 0 Å². The van der Waals surface area contributed by atoms with E-state index in [0.29, 0.717) is 6.54 Å². The van der Waals surface area contributed by atoms with Crippen molar-refractivity contribution >= 4 is 0 Å². The molecule has 2 heteroatoms. The minimum Gasteiger partial charge on any atom is -0.329 e. The Hall–Kier alpha value is -0.0800. The molecule has 0 bridgehead atoms. The van der Waals surface area contributed by atoms with E-state index in [1.54, 1.807) is 0 Å². The van der Waals surface area contributed by atoms with Crippen molar-refractivity contribution in [2.75, 3.05) is 6.54 Å². The normalized spacial score (nSPS) is 12.9. The molecular formula is C15H34N2. The zero-order valence-corrected chi connectivity index (χ0v) is 11.9. The maximum atomic E-state index is 5.77. The van der Waals surface area contributed by atoms with Crippen LogP contribution in [0.3, 0.4) is 0 Å². The van der Waals surface area contributed by atoms with Gasteiger partial charge in [0.05, 0.1) is 0 Å². The summed E-state index contributed by atoms with van der Waals surface area (Å²) >= 11 is 0. The van der Waals surface area contributed by atoms with Crippen molar-refractivity contribution in [3.63, 3.8) is 0 Å². The van der Waals surface area contributed by atoms with Crippen molar-refractivity contribution in [1.82, 2.24) is 0 Å². The Morgan fingerprint density at radius 1 is 0.706 bits per heavy atom. The molecule has 0 spiro atoms. The van der Waals surface area contributed by atoms with Crippen LogP contribution in [0.5, 0.6) is 0 Å². The molecule has 0 aromatic heterocycles. The number of unbranched alkanes of at least 4 members (excludes halogenated alkanes) is 10. The van der Waals surface area contributed by atoms with Gasteiger partial charge in [-0.25, -0.2) is 0 Å². The second-order valence-corrected chi connectivity index (χ2v) is 5.32. The summed E-state index contributed by atoms with van der Waals surface area (Å²) in [5, 5.41) is 0. The molecule has 0 saturated carbocycles. The van der Waals surface area contributed by atoms with Gasteiger partial charge in [0, 0.05) is 12.6 Å². The van der Waals surface area contributed by atoms with E-state index in [1.807, 2.05) is 0 Å². The third kappa shape index (κ3) is 13.9. The molecule has 2 nitrogen and oxygen atoms in total.